The van der Waals surface area contributed by atoms with Crippen LogP contribution in [0.3, 0.4) is 0 Å². The first kappa shape index (κ1) is 17.3. The molecule has 0 aliphatic carbocycles. The van der Waals surface area contributed by atoms with Crippen LogP contribution in [0.4, 0.5) is 5.69 Å². The molecule has 0 aliphatic heterocycles. The summed E-state index contributed by atoms with van der Waals surface area (Å²) in [5.41, 5.74) is 0.605. The Bertz CT molecular complexity index is 503. The van der Waals surface area contributed by atoms with Gasteiger partial charge in [0.1, 0.15) is 4.47 Å². The summed E-state index contributed by atoms with van der Waals surface area (Å²) < 4.78 is 2.09. The fourth-order valence-electron chi connectivity index (χ4n) is 1.96. The van der Waals surface area contributed by atoms with Gasteiger partial charge in [-0.1, -0.05) is 19.9 Å². The maximum absolute atomic E-state index is 12.1. The van der Waals surface area contributed by atoms with E-state index in [0.29, 0.717) is 11.0 Å². The number of allylic oxidation sites excluding steroid dienone is 1. The molecule has 0 saturated carbocycles. The summed E-state index contributed by atoms with van der Waals surface area (Å²) in [6, 6.07) is 0. The number of nitrogens with one attached hydrogen (secondary N) is 1. The van der Waals surface area contributed by atoms with Crippen molar-refractivity contribution in [2.24, 2.45) is 0 Å². The molecule has 0 bridgehead atoms. The minimum absolute atomic E-state index is 0.141. The molecule has 0 unspecified atom stereocenters. The Labute approximate surface area is 133 Å². The van der Waals surface area contributed by atoms with Gasteiger partial charge >= 0.3 is 0 Å². The van der Waals surface area contributed by atoms with E-state index in [2.05, 4.69) is 53.0 Å². The molecule has 0 atom stereocenters. The van der Waals surface area contributed by atoms with E-state index in [1.807, 2.05) is 11.8 Å². The second-order valence-corrected chi connectivity index (χ2v) is 6.66. The molecule has 0 aromatic carbocycles. The number of anilines is 1. The van der Waals surface area contributed by atoms with Crippen LogP contribution in [0, 0.1) is 0 Å². The molecule has 112 valence electrons. The number of rotatable bonds is 8. The molecule has 1 rings (SSSR count). The Kier molecular flexibility index (Phi) is 6.82. The normalized spacial score (nSPS) is 11.4. The zero-order valence-electron chi connectivity index (χ0n) is 12.3. The topological polar surface area (TPSA) is 46.9 Å². The summed E-state index contributed by atoms with van der Waals surface area (Å²) >= 11 is 5.22. The molecule has 0 radical (unpaired) electrons. The zero-order chi connectivity index (χ0) is 15.2. The van der Waals surface area contributed by atoms with Crippen molar-refractivity contribution in [3.63, 3.8) is 0 Å². The van der Waals surface area contributed by atoms with Gasteiger partial charge in [-0.25, -0.2) is 4.68 Å². The summed E-state index contributed by atoms with van der Waals surface area (Å²) in [5, 5.41) is 7.49. The third-order valence-corrected chi connectivity index (χ3v) is 5.96. The fraction of sp³-hybridized carbons (Fsp3) is 0.571. The van der Waals surface area contributed by atoms with Crippen LogP contribution in [0.15, 0.2) is 28.1 Å². The number of hydrogen-bond donors (Lipinski definition) is 1. The van der Waals surface area contributed by atoms with Crippen LogP contribution in [-0.2, 0) is 6.54 Å². The average molecular weight is 360 g/mol. The molecule has 0 spiro atoms. The van der Waals surface area contributed by atoms with E-state index < -0.39 is 0 Å². The van der Waals surface area contributed by atoms with Gasteiger partial charge in [-0.3, -0.25) is 4.79 Å². The van der Waals surface area contributed by atoms with Crippen molar-refractivity contribution in [1.29, 1.82) is 0 Å². The molecule has 0 saturated heterocycles. The predicted octanol–water partition coefficient (Wildman–Crippen LogP) is 3.53. The molecule has 1 N–H and O–H groups in total. The zero-order valence-corrected chi connectivity index (χ0v) is 14.7. The summed E-state index contributed by atoms with van der Waals surface area (Å²) in [6.45, 7) is 9.23. The number of nitrogens with zero attached hydrogens (tertiary/aromatic N) is 2. The summed E-state index contributed by atoms with van der Waals surface area (Å²) in [5.74, 6) is 0. The van der Waals surface area contributed by atoms with E-state index in [4.69, 9.17) is 0 Å². The summed E-state index contributed by atoms with van der Waals surface area (Å²) in [7, 11) is 0. The van der Waals surface area contributed by atoms with Crippen LogP contribution >= 0.6 is 27.7 Å². The monoisotopic (exact) mass is 359 g/mol. The van der Waals surface area contributed by atoms with Gasteiger partial charge in [0.15, 0.2) is 0 Å². The van der Waals surface area contributed by atoms with Gasteiger partial charge in [-0.05, 0) is 35.0 Å². The van der Waals surface area contributed by atoms with E-state index >= 15 is 0 Å². The Morgan fingerprint density at radius 2 is 2.20 bits per heavy atom. The van der Waals surface area contributed by atoms with Crippen molar-refractivity contribution >= 4 is 33.4 Å². The van der Waals surface area contributed by atoms with Crippen LogP contribution in [0.2, 0.25) is 0 Å². The highest BCUT2D eigenvalue weighted by molar-refractivity contribution is 9.10. The van der Waals surface area contributed by atoms with Crippen molar-refractivity contribution in [3.05, 3.63) is 33.7 Å². The van der Waals surface area contributed by atoms with Gasteiger partial charge in [-0.2, -0.15) is 16.9 Å². The lowest BCUT2D eigenvalue weighted by atomic mass is 10.0. The van der Waals surface area contributed by atoms with Crippen LogP contribution in [0.5, 0.6) is 0 Å². The maximum atomic E-state index is 12.1. The highest BCUT2D eigenvalue weighted by Gasteiger charge is 2.25. The molecule has 1 aromatic rings. The van der Waals surface area contributed by atoms with Crippen molar-refractivity contribution in [3.8, 4) is 0 Å². The average Bonchev–Trinajstić information content (AvgIpc) is 2.48. The molecule has 0 aliphatic rings. The van der Waals surface area contributed by atoms with Crippen LogP contribution in [-0.4, -0.2) is 27.3 Å². The molecule has 1 aromatic heterocycles. The SMILES string of the molecule is C=CCn1ncc(NCC(CC)(CC)SC)c(Br)c1=O. The molecule has 0 fully saturated rings. The lowest BCUT2D eigenvalue weighted by molar-refractivity contribution is 0.573. The summed E-state index contributed by atoms with van der Waals surface area (Å²) in [4.78, 5) is 12.1. The fourth-order valence-corrected chi connectivity index (χ4v) is 3.20. The molecular weight excluding hydrogens is 338 g/mol. The standard InChI is InChI=1S/C14H22BrN3OS/c1-5-8-18-13(19)12(15)11(9-17-18)16-10-14(6-2,7-3)20-4/h5,9,16H,1,6-8,10H2,2-4H3. The first-order valence-electron chi connectivity index (χ1n) is 6.69. The Morgan fingerprint density at radius 3 is 2.70 bits per heavy atom. The lowest BCUT2D eigenvalue weighted by Gasteiger charge is -2.30. The van der Waals surface area contributed by atoms with Crippen LogP contribution < -0.4 is 10.9 Å². The van der Waals surface area contributed by atoms with Gasteiger partial charge in [0.05, 0.1) is 18.4 Å². The minimum Gasteiger partial charge on any atom is -0.381 e. The minimum atomic E-state index is -0.141. The second kappa shape index (κ2) is 7.88. The number of aromatic nitrogens is 2. The van der Waals surface area contributed by atoms with Gasteiger partial charge in [0.25, 0.3) is 5.56 Å². The van der Waals surface area contributed by atoms with Gasteiger partial charge in [-0.15, -0.1) is 6.58 Å². The van der Waals surface area contributed by atoms with Crippen molar-refractivity contribution in [1.82, 2.24) is 9.78 Å². The quantitative estimate of drug-likeness (QED) is 0.721. The number of thioether (sulfide) groups is 1. The molecule has 1 heterocycles. The van der Waals surface area contributed by atoms with Crippen LogP contribution in [0.1, 0.15) is 26.7 Å². The molecule has 4 nitrogen and oxygen atoms in total. The third-order valence-electron chi connectivity index (χ3n) is 3.61. The van der Waals surface area contributed by atoms with Gasteiger partial charge in [0, 0.05) is 11.3 Å². The highest BCUT2D eigenvalue weighted by Crippen LogP contribution is 2.31. The maximum Gasteiger partial charge on any atom is 0.283 e. The molecular formula is C14H22BrN3OS. The van der Waals surface area contributed by atoms with Crippen LogP contribution in [0.25, 0.3) is 0 Å². The highest BCUT2D eigenvalue weighted by atomic mass is 79.9. The van der Waals surface area contributed by atoms with E-state index in [1.54, 1.807) is 12.3 Å². The van der Waals surface area contributed by atoms with Gasteiger partial charge in [0.2, 0.25) is 0 Å². The predicted molar refractivity (Wildman–Crippen MR) is 91.7 cm³/mol. The number of halogens is 1. The molecule has 20 heavy (non-hydrogen) atoms. The smallest absolute Gasteiger partial charge is 0.283 e. The molecule has 6 heteroatoms. The molecule has 0 amide bonds. The van der Waals surface area contributed by atoms with Gasteiger partial charge < -0.3 is 5.32 Å². The first-order valence-corrected chi connectivity index (χ1v) is 8.70. The third kappa shape index (κ3) is 3.88. The van der Waals surface area contributed by atoms with E-state index in [9.17, 15) is 4.79 Å². The van der Waals surface area contributed by atoms with E-state index in [1.165, 1.54) is 4.68 Å². The summed E-state index contributed by atoms with van der Waals surface area (Å²) in [6.07, 6.45) is 7.63. The Morgan fingerprint density at radius 1 is 1.55 bits per heavy atom. The van der Waals surface area contributed by atoms with E-state index in [0.717, 1.165) is 25.1 Å². The Hall–Kier alpha value is -0.750. The van der Waals surface area contributed by atoms with E-state index in [-0.39, 0.29) is 10.3 Å². The van der Waals surface area contributed by atoms with Crippen molar-refractivity contribution in [2.45, 2.75) is 38.0 Å². The van der Waals surface area contributed by atoms with Crippen molar-refractivity contribution in [2.75, 3.05) is 18.1 Å². The lowest BCUT2D eigenvalue weighted by Crippen LogP contribution is -2.33. The Balaban J connectivity index is 2.92. The van der Waals surface area contributed by atoms with Crippen molar-refractivity contribution < 1.29 is 0 Å². The largest absolute Gasteiger partial charge is 0.381 e. The second-order valence-electron chi connectivity index (χ2n) is 4.60. The first-order chi connectivity index (χ1) is 9.53. The number of hydrogen-bond acceptors (Lipinski definition) is 4.